The molecule has 0 aliphatic rings. The van der Waals surface area contributed by atoms with E-state index >= 15 is 0 Å². The minimum Gasteiger partial charge on any atom is -0.462 e. The summed E-state index contributed by atoms with van der Waals surface area (Å²) in [4.78, 5) is 38.1. The highest BCUT2D eigenvalue weighted by atomic mass is 16.6. The zero-order valence-electron chi connectivity index (χ0n) is 44.8. The summed E-state index contributed by atoms with van der Waals surface area (Å²) in [6.07, 6.45) is 76.5. The molecule has 0 amide bonds. The Hall–Kier alpha value is -3.93. The van der Waals surface area contributed by atoms with Crippen molar-refractivity contribution in [2.45, 2.75) is 258 Å². The lowest BCUT2D eigenvalue weighted by Gasteiger charge is -2.18. The second-order valence-corrected chi connectivity index (χ2v) is 18.5. The van der Waals surface area contributed by atoms with E-state index < -0.39 is 6.10 Å². The van der Waals surface area contributed by atoms with Crippen molar-refractivity contribution in [3.05, 3.63) is 109 Å². The Kier molecular flexibility index (Phi) is 53.4. The first-order chi connectivity index (χ1) is 34.0. The van der Waals surface area contributed by atoms with Crippen LogP contribution in [0.1, 0.15) is 252 Å². The fourth-order valence-corrected chi connectivity index (χ4v) is 7.49. The Morgan fingerprint density at radius 2 is 0.609 bits per heavy atom. The monoisotopic (exact) mass is 957 g/mol. The summed E-state index contributed by atoms with van der Waals surface area (Å²) in [5, 5.41) is 0. The highest BCUT2D eigenvalue weighted by Gasteiger charge is 2.19. The van der Waals surface area contributed by atoms with Gasteiger partial charge in [0.25, 0.3) is 0 Å². The molecule has 0 radical (unpaired) electrons. The van der Waals surface area contributed by atoms with E-state index in [4.69, 9.17) is 14.2 Å². The van der Waals surface area contributed by atoms with Gasteiger partial charge in [-0.05, 0) is 116 Å². The van der Waals surface area contributed by atoms with Crippen LogP contribution < -0.4 is 0 Å². The Balaban J connectivity index is 4.46. The summed E-state index contributed by atoms with van der Waals surface area (Å²) in [7, 11) is 0. The molecule has 0 aliphatic carbocycles. The molecule has 0 heterocycles. The van der Waals surface area contributed by atoms with Gasteiger partial charge >= 0.3 is 17.9 Å². The Labute approximate surface area is 425 Å². The molecule has 0 N–H and O–H groups in total. The number of unbranched alkanes of at least 4 members (excludes halogenated alkanes) is 21. The fourth-order valence-electron chi connectivity index (χ4n) is 7.49. The van der Waals surface area contributed by atoms with Gasteiger partial charge in [0.05, 0.1) is 0 Å². The number of hydrogen-bond acceptors (Lipinski definition) is 6. The number of esters is 3. The van der Waals surface area contributed by atoms with Crippen LogP contribution in [-0.2, 0) is 28.6 Å². The lowest BCUT2D eigenvalue weighted by Crippen LogP contribution is -2.30. The van der Waals surface area contributed by atoms with Gasteiger partial charge in [-0.2, -0.15) is 0 Å². The zero-order valence-corrected chi connectivity index (χ0v) is 44.8. The summed E-state index contributed by atoms with van der Waals surface area (Å²) < 4.78 is 16.8. The molecule has 0 aromatic heterocycles. The highest BCUT2D eigenvalue weighted by molar-refractivity contribution is 5.71. The van der Waals surface area contributed by atoms with E-state index in [0.29, 0.717) is 19.3 Å². The van der Waals surface area contributed by atoms with Crippen LogP contribution >= 0.6 is 0 Å². The summed E-state index contributed by atoms with van der Waals surface area (Å²) in [5.74, 6) is -0.988. The molecule has 1 atom stereocenters. The van der Waals surface area contributed by atoms with Crippen molar-refractivity contribution in [2.75, 3.05) is 13.2 Å². The first-order valence-corrected chi connectivity index (χ1v) is 28.4. The molecule has 0 saturated carbocycles. The van der Waals surface area contributed by atoms with E-state index in [9.17, 15) is 14.4 Å². The average Bonchev–Trinajstić information content (AvgIpc) is 3.35. The van der Waals surface area contributed by atoms with Gasteiger partial charge in [-0.15, -0.1) is 0 Å². The van der Waals surface area contributed by atoms with Crippen molar-refractivity contribution < 1.29 is 28.6 Å². The summed E-state index contributed by atoms with van der Waals surface area (Å²) in [6, 6.07) is 0. The van der Waals surface area contributed by atoms with Gasteiger partial charge in [0, 0.05) is 19.3 Å². The lowest BCUT2D eigenvalue weighted by atomic mass is 10.1. The number of ether oxygens (including phenoxy) is 3. The van der Waals surface area contributed by atoms with Gasteiger partial charge in [-0.3, -0.25) is 14.4 Å². The topological polar surface area (TPSA) is 78.9 Å². The second kappa shape index (κ2) is 56.7. The number of rotatable bonds is 50. The van der Waals surface area contributed by atoms with Crippen LogP contribution in [0.3, 0.4) is 0 Å². The van der Waals surface area contributed by atoms with Crippen LogP contribution in [0.25, 0.3) is 0 Å². The Morgan fingerprint density at radius 3 is 0.986 bits per heavy atom. The molecule has 0 aliphatic heterocycles. The minimum absolute atomic E-state index is 0.109. The average molecular weight is 958 g/mol. The quantitative estimate of drug-likeness (QED) is 0.0262. The van der Waals surface area contributed by atoms with Crippen LogP contribution in [0, 0.1) is 0 Å². The maximum absolute atomic E-state index is 12.8. The van der Waals surface area contributed by atoms with Gasteiger partial charge in [0.1, 0.15) is 13.2 Å². The molecule has 0 aromatic rings. The standard InChI is InChI=1S/C63H104O6/c1-4-7-10-13-16-19-22-25-27-29-30-31-32-34-35-38-41-44-47-50-53-56-62(65)68-59-60(58-67-61(64)55-52-49-46-43-40-37-24-21-18-15-12-9-6-3)69-63(66)57-54-51-48-45-42-39-36-33-28-26-23-20-17-14-11-8-5-2/h8,11-12,15,17,20-22,24-26,28-30,36,39,45,48,60H,4-7,9-10,13-14,16,18-19,23,27,31-35,37-38,40-44,46-47,49-59H2,1-3H3/b11-8-,15-12-,20-17-,24-21-,25-22-,28-26-,30-29-,39-36-,48-45-. The van der Waals surface area contributed by atoms with Gasteiger partial charge in [-0.1, -0.05) is 226 Å². The number of hydrogen-bond donors (Lipinski definition) is 0. The Morgan fingerprint density at radius 1 is 0.304 bits per heavy atom. The first kappa shape index (κ1) is 65.1. The van der Waals surface area contributed by atoms with Gasteiger partial charge < -0.3 is 14.2 Å². The second-order valence-electron chi connectivity index (χ2n) is 18.5. The maximum atomic E-state index is 12.8. The van der Waals surface area contributed by atoms with E-state index in [0.717, 1.165) is 116 Å². The molecule has 1 unspecified atom stereocenters. The van der Waals surface area contributed by atoms with Crippen molar-refractivity contribution in [3.63, 3.8) is 0 Å². The van der Waals surface area contributed by atoms with E-state index in [-0.39, 0.29) is 37.5 Å². The molecule has 0 bridgehead atoms. The van der Waals surface area contributed by atoms with Crippen molar-refractivity contribution in [1.82, 2.24) is 0 Å². The molecular formula is C63H104O6. The third kappa shape index (κ3) is 54.9. The van der Waals surface area contributed by atoms with Gasteiger partial charge in [-0.25, -0.2) is 0 Å². The largest absolute Gasteiger partial charge is 0.462 e. The van der Waals surface area contributed by atoms with Crippen LogP contribution in [0.5, 0.6) is 0 Å². The van der Waals surface area contributed by atoms with Gasteiger partial charge in [0.15, 0.2) is 6.10 Å². The first-order valence-electron chi connectivity index (χ1n) is 28.4. The third-order valence-electron chi connectivity index (χ3n) is 11.7. The third-order valence-corrected chi connectivity index (χ3v) is 11.7. The molecule has 392 valence electrons. The normalized spacial score (nSPS) is 12.9. The van der Waals surface area contributed by atoms with Crippen LogP contribution in [0.4, 0.5) is 0 Å². The molecule has 0 spiro atoms. The SMILES string of the molecule is CC/C=C\C/C=C\C/C=C\C/C=C\C/C=C\CCCC(=O)OC(COC(=O)CCCCCCC/C=C\C/C=C\CCC)COC(=O)CCCCCCCCCCC/C=C\C/C=C\CCCCCCC. The summed E-state index contributed by atoms with van der Waals surface area (Å²) in [6.45, 7) is 6.39. The number of carbonyl (C=O) groups is 3. The van der Waals surface area contributed by atoms with Gasteiger partial charge in [0.2, 0.25) is 0 Å². The van der Waals surface area contributed by atoms with Crippen LogP contribution in [-0.4, -0.2) is 37.2 Å². The minimum atomic E-state index is -0.817. The highest BCUT2D eigenvalue weighted by Crippen LogP contribution is 2.14. The fraction of sp³-hybridized carbons (Fsp3) is 0.667. The predicted octanol–water partition coefficient (Wildman–Crippen LogP) is 19.1. The van der Waals surface area contributed by atoms with Crippen molar-refractivity contribution in [2.24, 2.45) is 0 Å². The molecule has 0 rings (SSSR count). The van der Waals surface area contributed by atoms with E-state index in [1.165, 1.54) is 89.9 Å². The van der Waals surface area contributed by atoms with Crippen LogP contribution in [0.2, 0.25) is 0 Å². The summed E-state index contributed by atoms with van der Waals surface area (Å²) in [5.41, 5.74) is 0. The molecule has 69 heavy (non-hydrogen) atoms. The predicted molar refractivity (Wildman–Crippen MR) is 297 cm³/mol. The van der Waals surface area contributed by atoms with Crippen molar-refractivity contribution >= 4 is 17.9 Å². The van der Waals surface area contributed by atoms with Crippen molar-refractivity contribution in [1.29, 1.82) is 0 Å². The number of allylic oxidation sites excluding steroid dienone is 18. The molecule has 0 fully saturated rings. The van der Waals surface area contributed by atoms with Crippen molar-refractivity contribution in [3.8, 4) is 0 Å². The Bertz CT molecular complexity index is 1420. The molecular weight excluding hydrogens is 853 g/mol. The molecule has 0 aromatic carbocycles. The van der Waals surface area contributed by atoms with E-state index in [1.54, 1.807) is 0 Å². The van der Waals surface area contributed by atoms with E-state index in [1.807, 2.05) is 0 Å². The molecule has 0 saturated heterocycles. The lowest BCUT2D eigenvalue weighted by molar-refractivity contribution is -0.167. The molecule has 6 heteroatoms. The smallest absolute Gasteiger partial charge is 0.306 e. The maximum Gasteiger partial charge on any atom is 0.306 e. The van der Waals surface area contributed by atoms with E-state index in [2.05, 4.69) is 130 Å². The molecule has 6 nitrogen and oxygen atoms in total. The summed E-state index contributed by atoms with van der Waals surface area (Å²) >= 11 is 0. The number of carbonyl (C=O) groups excluding carboxylic acids is 3. The zero-order chi connectivity index (χ0) is 50.0. The van der Waals surface area contributed by atoms with Crippen LogP contribution in [0.15, 0.2) is 109 Å².